The van der Waals surface area contributed by atoms with Gasteiger partial charge in [-0.2, -0.15) is 0 Å². The van der Waals surface area contributed by atoms with E-state index >= 15 is 0 Å². The van der Waals surface area contributed by atoms with Gasteiger partial charge in [0.1, 0.15) is 0 Å². The fourth-order valence-corrected chi connectivity index (χ4v) is 0.750. The summed E-state index contributed by atoms with van der Waals surface area (Å²) >= 11 is 0. The van der Waals surface area contributed by atoms with E-state index in [0.717, 1.165) is 13.0 Å². The number of hydrogen-bond acceptors (Lipinski definition) is 3. The van der Waals surface area contributed by atoms with Gasteiger partial charge in [0.2, 0.25) is 5.91 Å². The van der Waals surface area contributed by atoms with Crippen molar-refractivity contribution in [3.63, 3.8) is 0 Å². The number of nitrogens with two attached hydrogens (primary N) is 1. The summed E-state index contributed by atoms with van der Waals surface area (Å²) in [6.07, 6.45) is 3.08. The second-order valence-electron chi connectivity index (χ2n) is 2.66. The van der Waals surface area contributed by atoms with Crippen molar-refractivity contribution in [1.82, 2.24) is 5.32 Å². The number of carbonyl (C=O) groups excluding carboxylic acids is 1. The molecule has 0 aliphatic heterocycles. The zero-order valence-corrected chi connectivity index (χ0v) is 7.92. The number of primary amides is 1. The first-order valence-electron chi connectivity index (χ1n) is 4.45. The monoisotopic (exact) mass is 186 g/mol. The number of rotatable bonds is 9. The second-order valence-corrected chi connectivity index (χ2v) is 2.66. The Balaban J connectivity index is 2.91. The van der Waals surface area contributed by atoms with Crippen LogP contribution >= 0.6 is 0 Å². The van der Waals surface area contributed by atoms with Crippen molar-refractivity contribution in [1.29, 1.82) is 0 Å². The lowest BCUT2D eigenvalue weighted by Crippen LogP contribution is -2.25. The van der Waals surface area contributed by atoms with Crippen LogP contribution in [-0.2, 0) is 9.53 Å². The molecule has 0 fully saturated rings. The standard InChI is InChI=1S/C9H18N2O2/c1-2-3-7-13-8-6-11-5-4-9(10)12/h2,11H,1,3-8H2,(H2,10,12). The summed E-state index contributed by atoms with van der Waals surface area (Å²) in [5.74, 6) is -0.278. The average Bonchev–Trinajstić information content (AvgIpc) is 2.09. The lowest BCUT2D eigenvalue weighted by molar-refractivity contribution is -0.117. The molecule has 0 spiro atoms. The van der Waals surface area contributed by atoms with Crippen LogP contribution in [0.3, 0.4) is 0 Å². The molecule has 4 nitrogen and oxygen atoms in total. The van der Waals surface area contributed by atoms with Gasteiger partial charge in [0, 0.05) is 19.5 Å². The van der Waals surface area contributed by atoms with Gasteiger partial charge >= 0.3 is 0 Å². The maximum atomic E-state index is 10.3. The Morgan fingerprint density at radius 1 is 1.46 bits per heavy atom. The highest BCUT2D eigenvalue weighted by atomic mass is 16.5. The summed E-state index contributed by atoms with van der Waals surface area (Å²) in [5, 5.41) is 3.04. The highest BCUT2D eigenvalue weighted by Crippen LogP contribution is 1.81. The Bertz CT molecular complexity index is 149. The van der Waals surface area contributed by atoms with Crippen LogP contribution in [0.4, 0.5) is 0 Å². The highest BCUT2D eigenvalue weighted by Gasteiger charge is 1.92. The minimum atomic E-state index is -0.278. The van der Waals surface area contributed by atoms with Gasteiger partial charge < -0.3 is 15.8 Å². The van der Waals surface area contributed by atoms with Crippen LogP contribution in [0.25, 0.3) is 0 Å². The molecule has 76 valence electrons. The zero-order valence-electron chi connectivity index (χ0n) is 7.92. The van der Waals surface area contributed by atoms with Gasteiger partial charge in [0.25, 0.3) is 0 Å². The number of carbonyl (C=O) groups is 1. The van der Waals surface area contributed by atoms with Crippen molar-refractivity contribution in [2.24, 2.45) is 5.73 Å². The minimum absolute atomic E-state index is 0.278. The molecule has 4 heteroatoms. The predicted octanol–water partition coefficient (Wildman–Crippen LogP) is 0.0441. The molecule has 0 saturated heterocycles. The second kappa shape index (κ2) is 9.22. The molecule has 0 rings (SSSR count). The van der Waals surface area contributed by atoms with E-state index in [1.54, 1.807) is 0 Å². The minimum Gasteiger partial charge on any atom is -0.380 e. The van der Waals surface area contributed by atoms with Gasteiger partial charge in [-0.3, -0.25) is 4.79 Å². The van der Waals surface area contributed by atoms with Crippen LogP contribution in [0, 0.1) is 0 Å². The Morgan fingerprint density at radius 3 is 2.85 bits per heavy atom. The molecule has 0 aliphatic carbocycles. The molecule has 0 saturated carbocycles. The first kappa shape index (κ1) is 12.1. The van der Waals surface area contributed by atoms with Crippen LogP contribution in [0.15, 0.2) is 12.7 Å². The average molecular weight is 186 g/mol. The van der Waals surface area contributed by atoms with E-state index in [4.69, 9.17) is 10.5 Å². The van der Waals surface area contributed by atoms with Crippen molar-refractivity contribution >= 4 is 5.91 Å². The molecule has 0 bridgehead atoms. The molecule has 3 N–H and O–H groups in total. The third kappa shape index (κ3) is 11.1. The molecule has 0 heterocycles. The van der Waals surface area contributed by atoms with Crippen molar-refractivity contribution in [2.75, 3.05) is 26.3 Å². The van der Waals surface area contributed by atoms with Gasteiger partial charge in [-0.1, -0.05) is 6.08 Å². The molecular weight excluding hydrogens is 168 g/mol. The highest BCUT2D eigenvalue weighted by molar-refractivity contribution is 5.73. The van der Waals surface area contributed by atoms with Crippen molar-refractivity contribution in [3.8, 4) is 0 Å². The normalized spacial score (nSPS) is 9.85. The summed E-state index contributed by atoms with van der Waals surface area (Å²) in [5.41, 5.74) is 4.95. The van der Waals surface area contributed by atoms with Crippen LogP contribution in [0.5, 0.6) is 0 Å². The summed E-state index contributed by atoms with van der Waals surface area (Å²) in [4.78, 5) is 10.3. The Hall–Kier alpha value is -0.870. The Morgan fingerprint density at radius 2 is 2.23 bits per heavy atom. The first-order chi connectivity index (χ1) is 6.27. The molecule has 0 aliphatic rings. The fourth-order valence-electron chi connectivity index (χ4n) is 0.750. The number of hydrogen-bond donors (Lipinski definition) is 2. The first-order valence-corrected chi connectivity index (χ1v) is 4.45. The quantitative estimate of drug-likeness (QED) is 0.395. The maximum absolute atomic E-state index is 10.3. The van der Waals surface area contributed by atoms with E-state index < -0.39 is 0 Å². The number of nitrogens with one attached hydrogen (secondary N) is 1. The largest absolute Gasteiger partial charge is 0.380 e. The summed E-state index contributed by atoms with van der Waals surface area (Å²) < 4.78 is 5.23. The lowest BCUT2D eigenvalue weighted by Gasteiger charge is -2.03. The molecule has 0 unspecified atom stereocenters. The maximum Gasteiger partial charge on any atom is 0.218 e. The molecular formula is C9H18N2O2. The van der Waals surface area contributed by atoms with Crippen LogP contribution < -0.4 is 11.1 Å². The zero-order chi connectivity index (χ0) is 9.94. The number of amides is 1. The van der Waals surface area contributed by atoms with E-state index in [-0.39, 0.29) is 5.91 Å². The van der Waals surface area contributed by atoms with Crippen LogP contribution in [-0.4, -0.2) is 32.2 Å². The summed E-state index contributed by atoms with van der Waals surface area (Å²) in [7, 11) is 0. The molecule has 0 aromatic carbocycles. The summed E-state index contributed by atoms with van der Waals surface area (Å²) in [6, 6.07) is 0. The van der Waals surface area contributed by atoms with Gasteiger partial charge in [0.05, 0.1) is 13.2 Å². The lowest BCUT2D eigenvalue weighted by atomic mass is 10.4. The van der Waals surface area contributed by atoms with E-state index in [1.807, 2.05) is 6.08 Å². The Labute approximate surface area is 79.1 Å². The van der Waals surface area contributed by atoms with Crippen molar-refractivity contribution < 1.29 is 9.53 Å². The SMILES string of the molecule is C=CCCOCCNCCC(N)=O. The van der Waals surface area contributed by atoms with Gasteiger partial charge in [-0.05, 0) is 6.42 Å². The molecule has 0 radical (unpaired) electrons. The van der Waals surface area contributed by atoms with Gasteiger partial charge in [-0.15, -0.1) is 6.58 Å². The molecule has 0 atom stereocenters. The molecule has 0 aromatic rings. The molecule has 13 heavy (non-hydrogen) atoms. The van der Waals surface area contributed by atoms with E-state index in [9.17, 15) is 4.79 Å². The third-order valence-electron chi connectivity index (χ3n) is 1.44. The smallest absolute Gasteiger partial charge is 0.218 e. The summed E-state index contributed by atoms with van der Waals surface area (Å²) in [6.45, 7) is 6.33. The van der Waals surface area contributed by atoms with Crippen molar-refractivity contribution in [2.45, 2.75) is 12.8 Å². The van der Waals surface area contributed by atoms with Crippen molar-refractivity contribution in [3.05, 3.63) is 12.7 Å². The predicted molar refractivity (Wildman–Crippen MR) is 52.3 cm³/mol. The molecule has 1 amide bonds. The Kier molecular flexibility index (Phi) is 8.60. The van der Waals surface area contributed by atoms with E-state index in [2.05, 4.69) is 11.9 Å². The van der Waals surface area contributed by atoms with E-state index in [1.165, 1.54) is 0 Å². The van der Waals surface area contributed by atoms with Crippen LogP contribution in [0.1, 0.15) is 12.8 Å². The fraction of sp³-hybridized carbons (Fsp3) is 0.667. The molecule has 0 aromatic heterocycles. The topological polar surface area (TPSA) is 64.3 Å². The van der Waals surface area contributed by atoms with Gasteiger partial charge in [-0.25, -0.2) is 0 Å². The van der Waals surface area contributed by atoms with Gasteiger partial charge in [0.15, 0.2) is 0 Å². The third-order valence-corrected chi connectivity index (χ3v) is 1.44. The number of ether oxygens (including phenoxy) is 1. The van der Waals surface area contributed by atoms with Crippen LogP contribution in [0.2, 0.25) is 0 Å². The van der Waals surface area contributed by atoms with E-state index in [0.29, 0.717) is 26.2 Å².